The molecule has 2 rings (SSSR count). The molecule has 0 aromatic heterocycles. The minimum atomic E-state index is -0.216. The van der Waals surface area contributed by atoms with E-state index >= 15 is 0 Å². The Hall–Kier alpha value is -0.830. The summed E-state index contributed by atoms with van der Waals surface area (Å²) in [5.74, 6) is -0.216. The average Bonchev–Trinajstić information content (AvgIpc) is 2.36. The number of nitrogens with one attached hydrogen (secondary N) is 1. The van der Waals surface area contributed by atoms with E-state index in [9.17, 15) is 4.39 Å². The van der Waals surface area contributed by atoms with Gasteiger partial charge in [0, 0.05) is 17.8 Å². The second-order valence-corrected chi connectivity index (χ2v) is 3.73. The largest absolute Gasteiger partial charge is 0.384 e. The minimum Gasteiger partial charge on any atom is -0.384 e. The first-order valence-corrected chi connectivity index (χ1v) is 4.97. The zero-order valence-electron chi connectivity index (χ0n) is 6.98. The van der Waals surface area contributed by atoms with Crippen molar-refractivity contribution in [3.05, 3.63) is 34.1 Å². The van der Waals surface area contributed by atoms with E-state index < -0.39 is 0 Å². The number of hydrogen-bond acceptors (Lipinski definition) is 1. The lowest BCUT2D eigenvalue weighted by Gasteiger charge is -2.08. The SMILES string of the molecule is Fc1ccc2c(c1Br)C=CCCN2. The molecule has 1 N–H and O–H groups in total. The van der Waals surface area contributed by atoms with Crippen LogP contribution in [0.1, 0.15) is 12.0 Å². The first-order valence-electron chi connectivity index (χ1n) is 4.17. The van der Waals surface area contributed by atoms with Gasteiger partial charge in [0.2, 0.25) is 0 Å². The summed E-state index contributed by atoms with van der Waals surface area (Å²) in [7, 11) is 0. The predicted octanol–water partition coefficient (Wildman–Crippen LogP) is 3.42. The van der Waals surface area contributed by atoms with Gasteiger partial charge in [0.25, 0.3) is 0 Å². The standard InChI is InChI=1S/C10H9BrFN/c11-10-7-3-1-2-6-13-9(7)5-4-8(10)12/h1,3-5,13H,2,6H2. The molecule has 0 spiro atoms. The Morgan fingerprint density at radius 3 is 3.08 bits per heavy atom. The number of rotatable bonds is 0. The van der Waals surface area contributed by atoms with Crippen molar-refractivity contribution in [1.29, 1.82) is 0 Å². The number of hydrogen-bond donors (Lipinski definition) is 1. The molecular formula is C10H9BrFN. The zero-order chi connectivity index (χ0) is 9.26. The second-order valence-electron chi connectivity index (χ2n) is 2.94. The maximum Gasteiger partial charge on any atom is 0.138 e. The summed E-state index contributed by atoms with van der Waals surface area (Å²) < 4.78 is 13.7. The fraction of sp³-hybridized carbons (Fsp3) is 0.200. The number of halogens is 2. The van der Waals surface area contributed by atoms with Crippen molar-refractivity contribution < 1.29 is 4.39 Å². The van der Waals surface area contributed by atoms with Crippen LogP contribution in [0.5, 0.6) is 0 Å². The van der Waals surface area contributed by atoms with Crippen LogP contribution in [0.15, 0.2) is 22.7 Å². The molecule has 1 aromatic rings. The highest BCUT2D eigenvalue weighted by molar-refractivity contribution is 9.10. The van der Waals surface area contributed by atoms with Gasteiger partial charge in [-0.3, -0.25) is 0 Å². The molecule has 0 atom stereocenters. The molecular weight excluding hydrogens is 233 g/mol. The van der Waals surface area contributed by atoms with Crippen LogP contribution >= 0.6 is 15.9 Å². The van der Waals surface area contributed by atoms with Gasteiger partial charge in [-0.25, -0.2) is 4.39 Å². The monoisotopic (exact) mass is 241 g/mol. The van der Waals surface area contributed by atoms with Gasteiger partial charge in [0.15, 0.2) is 0 Å². The van der Waals surface area contributed by atoms with Crippen LogP contribution < -0.4 is 5.32 Å². The number of benzene rings is 1. The molecule has 0 bridgehead atoms. The minimum absolute atomic E-state index is 0.216. The highest BCUT2D eigenvalue weighted by atomic mass is 79.9. The Bertz CT molecular complexity index is 360. The van der Waals surface area contributed by atoms with E-state index in [-0.39, 0.29) is 5.82 Å². The zero-order valence-corrected chi connectivity index (χ0v) is 8.57. The smallest absolute Gasteiger partial charge is 0.138 e. The van der Waals surface area contributed by atoms with Crippen LogP contribution in [-0.2, 0) is 0 Å². The molecule has 13 heavy (non-hydrogen) atoms. The van der Waals surface area contributed by atoms with E-state index in [2.05, 4.69) is 21.2 Å². The van der Waals surface area contributed by atoms with Gasteiger partial charge in [-0.1, -0.05) is 12.2 Å². The maximum atomic E-state index is 13.1. The highest BCUT2D eigenvalue weighted by Gasteiger charge is 2.09. The summed E-state index contributed by atoms with van der Waals surface area (Å²) in [6.07, 6.45) is 4.97. The van der Waals surface area contributed by atoms with Crippen LogP contribution in [0, 0.1) is 5.82 Å². The van der Waals surface area contributed by atoms with E-state index in [4.69, 9.17) is 0 Å². The molecule has 68 valence electrons. The Labute approximate surface area is 84.8 Å². The number of anilines is 1. The molecule has 1 aliphatic heterocycles. The van der Waals surface area contributed by atoms with Crippen LogP contribution in [0.3, 0.4) is 0 Å². The average molecular weight is 242 g/mol. The maximum absolute atomic E-state index is 13.1. The first-order chi connectivity index (χ1) is 6.29. The molecule has 0 radical (unpaired) electrons. The molecule has 0 unspecified atom stereocenters. The Kier molecular flexibility index (Phi) is 2.36. The summed E-state index contributed by atoms with van der Waals surface area (Å²) in [5.41, 5.74) is 1.89. The normalized spacial score (nSPS) is 14.6. The van der Waals surface area contributed by atoms with Crippen LogP contribution in [-0.4, -0.2) is 6.54 Å². The van der Waals surface area contributed by atoms with E-state index in [0.717, 1.165) is 24.2 Å². The van der Waals surface area contributed by atoms with Gasteiger partial charge < -0.3 is 5.32 Å². The lowest BCUT2D eigenvalue weighted by Crippen LogP contribution is -2.00. The van der Waals surface area contributed by atoms with Crippen molar-refractivity contribution in [2.75, 3.05) is 11.9 Å². The molecule has 0 aliphatic carbocycles. The lowest BCUT2D eigenvalue weighted by molar-refractivity contribution is 0.621. The van der Waals surface area contributed by atoms with Gasteiger partial charge in [-0.2, -0.15) is 0 Å². The number of fused-ring (bicyclic) bond motifs is 1. The van der Waals surface area contributed by atoms with Crippen LogP contribution in [0.2, 0.25) is 0 Å². The van der Waals surface area contributed by atoms with E-state index in [1.165, 1.54) is 6.07 Å². The summed E-state index contributed by atoms with van der Waals surface area (Å²) in [4.78, 5) is 0. The van der Waals surface area contributed by atoms with E-state index in [1.54, 1.807) is 6.07 Å². The molecule has 1 aromatic carbocycles. The van der Waals surface area contributed by atoms with Crippen LogP contribution in [0.25, 0.3) is 6.08 Å². The second kappa shape index (κ2) is 3.50. The van der Waals surface area contributed by atoms with Crippen molar-refractivity contribution in [1.82, 2.24) is 0 Å². The van der Waals surface area contributed by atoms with Crippen molar-refractivity contribution in [2.24, 2.45) is 0 Å². The van der Waals surface area contributed by atoms with Gasteiger partial charge >= 0.3 is 0 Å². The molecule has 1 heterocycles. The highest BCUT2D eigenvalue weighted by Crippen LogP contribution is 2.30. The third kappa shape index (κ3) is 1.61. The molecule has 1 nitrogen and oxygen atoms in total. The Morgan fingerprint density at radius 1 is 1.38 bits per heavy atom. The molecule has 0 saturated carbocycles. The molecule has 0 fully saturated rings. The third-order valence-corrected chi connectivity index (χ3v) is 2.85. The topological polar surface area (TPSA) is 12.0 Å². The summed E-state index contributed by atoms with van der Waals surface area (Å²) in [5, 5.41) is 3.23. The third-order valence-electron chi connectivity index (χ3n) is 2.04. The Morgan fingerprint density at radius 2 is 2.23 bits per heavy atom. The fourth-order valence-corrected chi connectivity index (χ4v) is 1.85. The van der Waals surface area contributed by atoms with Gasteiger partial charge in [0.05, 0.1) is 4.47 Å². The lowest BCUT2D eigenvalue weighted by atomic mass is 10.1. The predicted molar refractivity (Wildman–Crippen MR) is 56.2 cm³/mol. The summed E-state index contributed by atoms with van der Waals surface area (Å²) in [6, 6.07) is 3.24. The molecule has 0 saturated heterocycles. The van der Waals surface area contributed by atoms with Crippen molar-refractivity contribution >= 4 is 27.7 Å². The Balaban J connectivity index is 2.58. The quantitative estimate of drug-likeness (QED) is 0.735. The van der Waals surface area contributed by atoms with Gasteiger partial charge in [0.1, 0.15) is 5.82 Å². The van der Waals surface area contributed by atoms with E-state index in [0.29, 0.717) is 4.47 Å². The van der Waals surface area contributed by atoms with Crippen molar-refractivity contribution in [3.8, 4) is 0 Å². The fourth-order valence-electron chi connectivity index (χ4n) is 1.37. The van der Waals surface area contributed by atoms with Crippen molar-refractivity contribution in [2.45, 2.75) is 6.42 Å². The van der Waals surface area contributed by atoms with Gasteiger partial charge in [-0.15, -0.1) is 0 Å². The summed E-state index contributed by atoms with van der Waals surface area (Å²) in [6.45, 7) is 0.904. The molecule has 0 amide bonds. The van der Waals surface area contributed by atoms with Gasteiger partial charge in [-0.05, 0) is 34.5 Å². The molecule has 3 heteroatoms. The van der Waals surface area contributed by atoms with E-state index in [1.807, 2.05) is 12.2 Å². The van der Waals surface area contributed by atoms with Crippen molar-refractivity contribution in [3.63, 3.8) is 0 Å². The first kappa shape index (κ1) is 8.75. The summed E-state index contributed by atoms with van der Waals surface area (Å²) >= 11 is 3.23. The van der Waals surface area contributed by atoms with Crippen LogP contribution in [0.4, 0.5) is 10.1 Å². The molecule has 1 aliphatic rings.